The van der Waals surface area contributed by atoms with Crippen molar-refractivity contribution in [1.29, 1.82) is 0 Å². The first-order valence-electron chi connectivity index (χ1n) is 6.43. The van der Waals surface area contributed by atoms with Crippen LogP contribution in [-0.4, -0.2) is 41.2 Å². The molecule has 1 aromatic rings. The van der Waals surface area contributed by atoms with Gasteiger partial charge in [-0.1, -0.05) is 38.1 Å². The summed E-state index contributed by atoms with van der Waals surface area (Å²) in [5.74, 6) is -1.19. The monoisotopic (exact) mass is 259 g/mol. The summed E-state index contributed by atoms with van der Waals surface area (Å²) in [5.41, 5.74) is 0.940. The Morgan fingerprint density at radius 1 is 1.00 bits per heavy atom. The Bertz CT molecular complexity index is 556. The molecule has 0 saturated heterocycles. The molecule has 2 rings (SSSR count). The number of aliphatic hydroxyl groups is 1. The zero-order valence-electron chi connectivity index (χ0n) is 11.1. The fourth-order valence-corrected chi connectivity index (χ4v) is 2.23. The molecule has 0 unspecified atom stereocenters. The van der Waals surface area contributed by atoms with Gasteiger partial charge in [0.1, 0.15) is 5.76 Å². The largest absolute Gasteiger partial charge is 0.507 e. The third-order valence-corrected chi connectivity index (χ3v) is 3.47. The van der Waals surface area contributed by atoms with E-state index < -0.39 is 11.6 Å². The minimum atomic E-state index is -0.594. The lowest BCUT2D eigenvalue weighted by Crippen LogP contribution is -2.33. The molecule has 0 saturated carbocycles. The Kier molecular flexibility index (Phi) is 3.81. The zero-order valence-corrected chi connectivity index (χ0v) is 11.1. The van der Waals surface area contributed by atoms with E-state index >= 15 is 0 Å². The lowest BCUT2D eigenvalue weighted by atomic mass is 9.88. The third kappa shape index (κ3) is 2.31. The third-order valence-electron chi connectivity index (χ3n) is 3.47. The van der Waals surface area contributed by atoms with Gasteiger partial charge in [-0.05, 0) is 13.1 Å². The van der Waals surface area contributed by atoms with Gasteiger partial charge in [-0.3, -0.25) is 14.5 Å². The van der Waals surface area contributed by atoms with E-state index in [1.54, 1.807) is 24.3 Å². The molecule has 4 heteroatoms. The van der Waals surface area contributed by atoms with Gasteiger partial charge < -0.3 is 5.11 Å². The molecule has 1 aliphatic carbocycles. The van der Waals surface area contributed by atoms with Gasteiger partial charge in [-0.25, -0.2) is 0 Å². The molecule has 0 amide bonds. The van der Waals surface area contributed by atoms with Crippen molar-refractivity contribution in [3.8, 4) is 0 Å². The number of ketones is 2. The number of likely N-dealkylation sites (N-methyl/N-ethyl adjacent to an activating group) is 1. The average molecular weight is 259 g/mol. The summed E-state index contributed by atoms with van der Waals surface area (Å²) >= 11 is 0. The lowest BCUT2D eigenvalue weighted by Gasteiger charge is -2.23. The van der Waals surface area contributed by atoms with Crippen LogP contribution in [0.1, 0.15) is 29.8 Å². The molecule has 0 atom stereocenters. The number of carbonyl (C=O) groups is 2. The standard InChI is InChI=1S/C15H17NO3/c1-3-16(4-2)9-12-13(17)10-7-5-6-8-11(10)14(18)15(12)19/h5-8,17H,3-4,9H2,1-2H3. The predicted molar refractivity (Wildman–Crippen MR) is 73.1 cm³/mol. The molecule has 1 aromatic carbocycles. The second-order valence-electron chi connectivity index (χ2n) is 4.49. The van der Waals surface area contributed by atoms with E-state index in [1.807, 2.05) is 18.7 Å². The highest BCUT2D eigenvalue weighted by Gasteiger charge is 2.32. The average Bonchev–Trinajstić information content (AvgIpc) is 2.45. The van der Waals surface area contributed by atoms with Gasteiger partial charge >= 0.3 is 0 Å². The van der Waals surface area contributed by atoms with Crippen molar-refractivity contribution in [2.24, 2.45) is 0 Å². The number of carbonyl (C=O) groups excluding carboxylic acids is 2. The highest BCUT2D eigenvalue weighted by Crippen LogP contribution is 2.27. The molecule has 0 fully saturated rings. The normalized spacial score (nSPS) is 15.1. The second kappa shape index (κ2) is 5.36. The number of nitrogens with zero attached hydrogens (tertiary/aromatic N) is 1. The Morgan fingerprint density at radius 3 is 2.16 bits per heavy atom. The van der Waals surface area contributed by atoms with Crippen molar-refractivity contribution in [1.82, 2.24) is 4.90 Å². The maximum absolute atomic E-state index is 12.1. The highest BCUT2D eigenvalue weighted by molar-refractivity contribution is 6.52. The van der Waals surface area contributed by atoms with Gasteiger partial charge in [-0.15, -0.1) is 0 Å². The molecule has 0 bridgehead atoms. The Hall–Kier alpha value is -1.94. The molecule has 0 spiro atoms. The summed E-state index contributed by atoms with van der Waals surface area (Å²) in [6.45, 7) is 5.78. The van der Waals surface area contributed by atoms with E-state index in [0.717, 1.165) is 13.1 Å². The van der Waals surface area contributed by atoms with Crippen molar-refractivity contribution < 1.29 is 14.7 Å². The molecule has 4 nitrogen and oxygen atoms in total. The van der Waals surface area contributed by atoms with Crippen LogP contribution in [0.5, 0.6) is 0 Å². The molecule has 100 valence electrons. The summed E-state index contributed by atoms with van der Waals surface area (Å²) in [4.78, 5) is 26.1. The summed E-state index contributed by atoms with van der Waals surface area (Å²) < 4.78 is 0. The quantitative estimate of drug-likeness (QED) is 0.841. The molecule has 1 N–H and O–H groups in total. The van der Waals surface area contributed by atoms with Gasteiger partial charge in [0, 0.05) is 17.7 Å². The fraction of sp³-hybridized carbons (Fsp3) is 0.333. The minimum Gasteiger partial charge on any atom is -0.507 e. The molecule has 0 aliphatic heterocycles. The SMILES string of the molecule is CCN(CC)CC1=C(O)c2ccccc2C(=O)C1=O. The summed E-state index contributed by atoms with van der Waals surface area (Å²) in [6.07, 6.45) is 0. The van der Waals surface area contributed by atoms with Crippen molar-refractivity contribution >= 4 is 17.3 Å². The molecule has 1 aliphatic rings. The molecule has 0 aromatic heterocycles. The number of hydrogen-bond acceptors (Lipinski definition) is 4. The van der Waals surface area contributed by atoms with E-state index in [4.69, 9.17) is 0 Å². The minimum absolute atomic E-state index is 0.0629. The van der Waals surface area contributed by atoms with Crippen LogP contribution in [-0.2, 0) is 4.79 Å². The van der Waals surface area contributed by atoms with Crippen molar-refractivity contribution in [2.45, 2.75) is 13.8 Å². The first kappa shape index (κ1) is 13.5. The Labute approximate surface area is 112 Å². The smallest absolute Gasteiger partial charge is 0.234 e. The van der Waals surface area contributed by atoms with E-state index in [1.165, 1.54) is 0 Å². The number of fused-ring (bicyclic) bond motifs is 1. The molecule has 0 radical (unpaired) electrons. The summed E-state index contributed by atoms with van der Waals surface area (Å²) in [6, 6.07) is 6.66. The number of aliphatic hydroxyl groups excluding tert-OH is 1. The van der Waals surface area contributed by atoms with Crippen LogP contribution in [0.3, 0.4) is 0 Å². The predicted octanol–water partition coefficient (Wildman–Crippen LogP) is 2.06. The number of Topliss-reactive ketones (excluding diaryl/α,β-unsaturated/α-hetero) is 2. The number of rotatable bonds is 4. The Balaban J connectivity index is 2.48. The van der Waals surface area contributed by atoms with Gasteiger partial charge in [0.2, 0.25) is 11.6 Å². The van der Waals surface area contributed by atoms with Crippen molar-refractivity contribution in [3.05, 3.63) is 41.0 Å². The van der Waals surface area contributed by atoms with Crippen LogP contribution in [0.15, 0.2) is 29.8 Å². The van der Waals surface area contributed by atoms with Crippen LogP contribution >= 0.6 is 0 Å². The number of hydrogen-bond donors (Lipinski definition) is 1. The van der Waals surface area contributed by atoms with Crippen molar-refractivity contribution in [3.63, 3.8) is 0 Å². The lowest BCUT2D eigenvalue weighted by molar-refractivity contribution is -0.112. The maximum Gasteiger partial charge on any atom is 0.234 e. The van der Waals surface area contributed by atoms with Crippen molar-refractivity contribution in [2.75, 3.05) is 19.6 Å². The van der Waals surface area contributed by atoms with Crippen LogP contribution in [0.25, 0.3) is 5.76 Å². The topological polar surface area (TPSA) is 57.6 Å². The molecule has 0 heterocycles. The van der Waals surface area contributed by atoms with Crippen LogP contribution in [0.2, 0.25) is 0 Å². The van der Waals surface area contributed by atoms with Gasteiger partial charge in [-0.2, -0.15) is 0 Å². The van der Waals surface area contributed by atoms with E-state index in [2.05, 4.69) is 0 Å². The first-order chi connectivity index (χ1) is 9.10. The van der Waals surface area contributed by atoms with E-state index in [-0.39, 0.29) is 16.9 Å². The Morgan fingerprint density at radius 2 is 1.58 bits per heavy atom. The second-order valence-corrected chi connectivity index (χ2v) is 4.49. The first-order valence-corrected chi connectivity index (χ1v) is 6.43. The highest BCUT2D eigenvalue weighted by atomic mass is 16.3. The molecular weight excluding hydrogens is 242 g/mol. The van der Waals surface area contributed by atoms with Gasteiger partial charge in [0.15, 0.2) is 0 Å². The maximum atomic E-state index is 12.1. The van der Waals surface area contributed by atoms with Crippen LogP contribution in [0, 0.1) is 0 Å². The molecular formula is C15H17NO3. The molecule has 19 heavy (non-hydrogen) atoms. The van der Waals surface area contributed by atoms with Gasteiger partial charge in [0.05, 0.1) is 5.57 Å². The van der Waals surface area contributed by atoms with Crippen LogP contribution in [0.4, 0.5) is 0 Å². The van der Waals surface area contributed by atoms with Gasteiger partial charge in [0.25, 0.3) is 0 Å². The van der Waals surface area contributed by atoms with E-state index in [9.17, 15) is 14.7 Å². The number of benzene rings is 1. The fourth-order valence-electron chi connectivity index (χ4n) is 2.23. The zero-order chi connectivity index (χ0) is 14.0. The summed E-state index contributed by atoms with van der Waals surface area (Å²) in [7, 11) is 0. The van der Waals surface area contributed by atoms with Crippen LogP contribution < -0.4 is 0 Å². The summed E-state index contributed by atoms with van der Waals surface area (Å²) in [5, 5.41) is 10.2. The van der Waals surface area contributed by atoms with E-state index in [0.29, 0.717) is 12.1 Å².